The van der Waals surface area contributed by atoms with Gasteiger partial charge in [-0.3, -0.25) is 19.5 Å². The summed E-state index contributed by atoms with van der Waals surface area (Å²) in [7, 11) is 0. The highest BCUT2D eigenvalue weighted by Crippen LogP contribution is 2.13. The van der Waals surface area contributed by atoms with Crippen molar-refractivity contribution in [1.82, 2.24) is 24.7 Å². The Morgan fingerprint density at radius 2 is 2.35 bits per heavy atom. The fourth-order valence-corrected chi connectivity index (χ4v) is 2.46. The molecule has 0 spiro atoms. The van der Waals surface area contributed by atoms with Gasteiger partial charge in [0.25, 0.3) is 5.56 Å². The first kappa shape index (κ1) is 12.5. The molecular formula is C11H10N6O2S. The van der Waals surface area contributed by atoms with Crippen LogP contribution in [0.5, 0.6) is 0 Å². The predicted octanol–water partition coefficient (Wildman–Crippen LogP) is 0.605. The molecule has 3 heterocycles. The van der Waals surface area contributed by atoms with Gasteiger partial charge in [0.15, 0.2) is 0 Å². The quantitative estimate of drug-likeness (QED) is 0.732. The largest absolute Gasteiger partial charge is 0.298 e. The topological polar surface area (TPSA) is 106 Å². The van der Waals surface area contributed by atoms with E-state index in [2.05, 4.69) is 25.5 Å². The minimum Gasteiger partial charge on any atom is -0.298 e. The van der Waals surface area contributed by atoms with E-state index < -0.39 is 0 Å². The van der Waals surface area contributed by atoms with Gasteiger partial charge in [0.1, 0.15) is 11.2 Å². The SMILES string of the molecule is O=C(CCn1cnc2sccc2c1=O)Nc1ncn[nH]1. The second-order valence-corrected chi connectivity index (χ2v) is 4.91. The van der Waals surface area contributed by atoms with Gasteiger partial charge >= 0.3 is 0 Å². The first-order chi connectivity index (χ1) is 9.74. The smallest absolute Gasteiger partial charge is 0.262 e. The summed E-state index contributed by atoms with van der Waals surface area (Å²) in [4.78, 5) is 32.4. The number of H-pyrrole nitrogens is 1. The fourth-order valence-electron chi connectivity index (χ4n) is 1.73. The Bertz CT molecular complexity index is 791. The third-order valence-electron chi connectivity index (χ3n) is 2.70. The molecule has 0 aromatic carbocycles. The molecule has 0 aliphatic carbocycles. The van der Waals surface area contributed by atoms with Crippen molar-refractivity contribution in [2.24, 2.45) is 0 Å². The summed E-state index contributed by atoms with van der Waals surface area (Å²) in [6, 6.07) is 1.74. The number of hydrogen-bond donors (Lipinski definition) is 2. The number of fused-ring (bicyclic) bond motifs is 1. The molecule has 102 valence electrons. The van der Waals surface area contributed by atoms with Gasteiger partial charge < -0.3 is 0 Å². The number of carbonyl (C=O) groups excluding carboxylic acids is 1. The molecule has 1 amide bonds. The summed E-state index contributed by atoms with van der Waals surface area (Å²) in [5.74, 6) is 0.0350. The van der Waals surface area contributed by atoms with E-state index >= 15 is 0 Å². The Kier molecular flexibility index (Phi) is 3.25. The molecule has 3 aromatic rings. The lowest BCUT2D eigenvalue weighted by Gasteiger charge is -2.04. The lowest BCUT2D eigenvalue weighted by Crippen LogP contribution is -2.23. The van der Waals surface area contributed by atoms with Crippen molar-refractivity contribution in [3.63, 3.8) is 0 Å². The number of aryl methyl sites for hydroxylation is 1. The zero-order valence-corrected chi connectivity index (χ0v) is 11.1. The Morgan fingerprint density at radius 3 is 3.15 bits per heavy atom. The van der Waals surface area contributed by atoms with Crippen molar-refractivity contribution in [3.05, 3.63) is 34.5 Å². The highest BCUT2D eigenvalue weighted by molar-refractivity contribution is 7.16. The average Bonchev–Trinajstić information content (AvgIpc) is 3.09. The van der Waals surface area contributed by atoms with Crippen LogP contribution in [-0.2, 0) is 11.3 Å². The van der Waals surface area contributed by atoms with Crippen LogP contribution in [0.2, 0.25) is 0 Å². The molecule has 0 saturated heterocycles. The van der Waals surface area contributed by atoms with Crippen LogP contribution < -0.4 is 10.9 Å². The number of hydrogen-bond acceptors (Lipinski definition) is 6. The zero-order chi connectivity index (χ0) is 13.9. The van der Waals surface area contributed by atoms with Gasteiger partial charge in [-0.25, -0.2) is 10.1 Å². The number of aromatic nitrogens is 5. The van der Waals surface area contributed by atoms with Crippen LogP contribution in [-0.4, -0.2) is 30.6 Å². The highest BCUT2D eigenvalue weighted by atomic mass is 32.1. The molecule has 0 aliphatic heterocycles. The zero-order valence-electron chi connectivity index (χ0n) is 10.2. The molecule has 8 nitrogen and oxygen atoms in total. The van der Waals surface area contributed by atoms with Crippen LogP contribution in [0.4, 0.5) is 5.95 Å². The molecule has 0 fully saturated rings. The molecule has 0 aliphatic rings. The van der Waals surface area contributed by atoms with Gasteiger partial charge in [0, 0.05) is 13.0 Å². The molecule has 3 rings (SSSR count). The molecule has 0 unspecified atom stereocenters. The van der Waals surface area contributed by atoms with Crippen molar-refractivity contribution >= 4 is 33.4 Å². The van der Waals surface area contributed by atoms with Gasteiger partial charge in [0.05, 0.1) is 11.7 Å². The van der Waals surface area contributed by atoms with Crippen LogP contribution in [0.3, 0.4) is 0 Å². The van der Waals surface area contributed by atoms with E-state index in [1.54, 1.807) is 6.07 Å². The molecule has 0 saturated carbocycles. The molecule has 3 aromatic heterocycles. The number of anilines is 1. The second-order valence-electron chi connectivity index (χ2n) is 4.01. The van der Waals surface area contributed by atoms with Crippen LogP contribution in [0.25, 0.3) is 10.2 Å². The maximum absolute atomic E-state index is 12.1. The predicted molar refractivity (Wildman–Crippen MR) is 73.5 cm³/mol. The summed E-state index contributed by atoms with van der Waals surface area (Å²) in [6.07, 6.45) is 2.91. The van der Waals surface area contributed by atoms with Gasteiger partial charge in [-0.05, 0) is 11.4 Å². The Morgan fingerprint density at radius 1 is 1.45 bits per heavy atom. The van der Waals surface area contributed by atoms with Gasteiger partial charge in [-0.1, -0.05) is 0 Å². The Labute approximate surface area is 116 Å². The van der Waals surface area contributed by atoms with Crippen molar-refractivity contribution in [2.75, 3.05) is 5.32 Å². The van der Waals surface area contributed by atoms with Crippen molar-refractivity contribution < 1.29 is 4.79 Å². The highest BCUT2D eigenvalue weighted by Gasteiger charge is 2.08. The molecule has 0 bridgehead atoms. The van der Waals surface area contributed by atoms with E-state index in [9.17, 15) is 9.59 Å². The molecular weight excluding hydrogens is 280 g/mol. The fraction of sp³-hybridized carbons (Fsp3) is 0.182. The summed E-state index contributed by atoms with van der Waals surface area (Å²) < 4.78 is 1.43. The standard InChI is InChI=1S/C11H10N6O2S/c18-8(15-11-12-5-14-16-11)1-3-17-6-13-9-7(10(17)19)2-4-20-9/h2,4-6H,1,3H2,(H2,12,14,15,16,18). The van der Waals surface area contributed by atoms with Gasteiger partial charge in [-0.2, -0.15) is 10.1 Å². The number of nitrogens with one attached hydrogen (secondary N) is 2. The maximum atomic E-state index is 12.1. The molecule has 0 radical (unpaired) electrons. The molecule has 9 heteroatoms. The number of aromatic amines is 1. The number of carbonyl (C=O) groups is 1. The van der Waals surface area contributed by atoms with Gasteiger partial charge in [0.2, 0.25) is 11.9 Å². The van der Waals surface area contributed by atoms with Crippen LogP contribution in [0, 0.1) is 0 Å². The molecule has 20 heavy (non-hydrogen) atoms. The van der Waals surface area contributed by atoms with E-state index in [4.69, 9.17) is 0 Å². The van der Waals surface area contributed by atoms with E-state index in [0.29, 0.717) is 10.2 Å². The second kappa shape index (κ2) is 5.21. The first-order valence-corrected chi connectivity index (χ1v) is 6.70. The van der Waals surface area contributed by atoms with Crippen LogP contribution in [0.1, 0.15) is 6.42 Å². The average molecular weight is 290 g/mol. The number of rotatable bonds is 4. The summed E-state index contributed by atoms with van der Waals surface area (Å²) >= 11 is 1.41. The van der Waals surface area contributed by atoms with E-state index in [1.165, 1.54) is 28.6 Å². The summed E-state index contributed by atoms with van der Waals surface area (Å²) in [6.45, 7) is 0.261. The van der Waals surface area contributed by atoms with Gasteiger partial charge in [-0.15, -0.1) is 11.3 Å². The summed E-state index contributed by atoms with van der Waals surface area (Å²) in [5, 5.41) is 11.1. The van der Waals surface area contributed by atoms with E-state index in [-0.39, 0.29) is 30.4 Å². The normalized spacial score (nSPS) is 10.8. The number of nitrogens with zero attached hydrogens (tertiary/aromatic N) is 4. The van der Waals surface area contributed by atoms with Crippen molar-refractivity contribution in [3.8, 4) is 0 Å². The lowest BCUT2D eigenvalue weighted by atomic mass is 10.3. The number of thiophene rings is 1. The van der Waals surface area contributed by atoms with Crippen molar-refractivity contribution in [1.29, 1.82) is 0 Å². The third kappa shape index (κ3) is 2.43. The maximum Gasteiger partial charge on any atom is 0.262 e. The summed E-state index contributed by atoms with van der Waals surface area (Å²) in [5.41, 5.74) is -0.135. The molecule has 2 N–H and O–H groups in total. The Balaban J connectivity index is 1.69. The van der Waals surface area contributed by atoms with Crippen LogP contribution >= 0.6 is 11.3 Å². The van der Waals surface area contributed by atoms with Crippen molar-refractivity contribution in [2.45, 2.75) is 13.0 Å². The Hall–Kier alpha value is -2.55. The third-order valence-corrected chi connectivity index (χ3v) is 3.52. The molecule has 0 atom stereocenters. The first-order valence-electron chi connectivity index (χ1n) is 5.82. The number of amides is 1. The minimum atomic E-state index is -0.251. The van der Waals surface area contributed by atoms with E-state index in [0.717, 1.165) is 0 Å². The lowest BCUT2D eigenvalue weighted by molar-refractivity contribution is -0.116. The van der Waals surface area contributed by atoms with Crippen LogP contribution in [0.15, 0.2) is 28.9 Å². The van der Waals surface area contributed by atoms with E-state index in [1.807, 2.05) is 5.38 Å². The monoisotopic (exact) mass is 290 g/mol. The minimum absolute atomic E-state index is 0.135.